The Bertz CT molecular complexity index is 923. The van der Waals surface area contributed by atoms with Gasteiger partial charge in [-0.3, -0.25) is 9.78 Å². The molecule has 4 N–H and O–H groups in total. The van der Waals surface area contributed by atoms with Crippen molar-refractivity contribution in [2.45, 2.75) is 0 Å². The molecule has 102 valence electrons. The number of nitrogens with two attached hydrogens (primary N) is 1. The van der Waals surface area contributed by atoms with Gasteiger partial charge in [-0.1, -0.05) is 6.07 Å². The van der Waals surface area contributed by atoms with E-state index in [9.17, 15) is 4.79 Å². The van der Waals surface area contributed by atoms with Gasteiger partial charge in [-0.25, -0.2) is 4.98 Å². The highest BCUT2D eigenvalue weighted by Gasteiger charge is 2.05. The molecule has 0 aliphatic carbocycles. The van der Waals surface area contributed by atoms with Crippen molar-refractivity contribution in [3.05, 3.63) is 58.4 Å². The average Bonchev–Trinajstić information content (AvgIpc) is 2.48. The number of nitrogens with zero attached hydrogens (tertiary/aromatic N) is 2. The van der Waals surface area contributed by atoms with Crippen LogP contribution in [0.15, 0.2) is 47.3 Å². The molecular weight excluding hydrogens is 266 g/mol. The molecule has 0 amide bonds. The summed E-state index contributed by atoms with van der Waals surface area (Å²) in [4.78, 5) is 19.0. The molecule has 3 aromatic rings. The summed E-state index contributed by atoms with van der Waals surface area (Å²) in [5.74, 6) is 0.312. The fourth-order valence-electron chi connectivity index (χ4n) is 2.02. The first-order valence-corrected chi connectivity index (χ1v) is 6.22. The van der Waals surface area contributed by atoms with Crippen molar-refractivity contribution >= 4 is 28.2 Å². The number of aromatic nitrogens is 2. The molecule has 0 aliphatic rings. The third-order valence-electron chi connectivity index (χ3n) is 2.98. The Labute approximate surface area is 119 Å². The van der Waals surface area contributed by atoms with E-state index in [1.165, 1.54) is 0 Å². The summed E-state index contributed by atoms with van der Waals surface area (Å²) >= 11 is 0. The van der Waals surface area contributed by atoms with Crippen molar-refractivity contribution in [1.82, 2.24) is 9.97 Å². The number of anilines is 3. The molecule has 0 fully saturated rings. The van der Waals surface area contributed by atoms with Gasteiger partial charge in [0.1, 0.15) is 0 Å². The number of rotatable bonds is 2. The molecule has 6 nitrogen and oxygen atoms in total. The van der Waals surface area contributed by atoms with Crippen LogP contribution in [-0.2, 0) is 0 Å². The van der Waals surface area contributed by atoms with E-state index in [0.29, 0.717) is 33.8 Å². The van der Waals surface area contributed by atoms with Crippen LogP contribution >= 0.6 is 0 Å². The minimum absolute atomic E-state index is 0.272. The molecule has 0 atom stereocenters. The number of nitrogens with one attached hydrogen (secondary N) is 2. The second kappa shape index (κ2) is 4.98. The van der Waals surface area contributed by atoms with E-state index in [-0.39, 0.29) is 5.56 Å². The van der Waals surface area contributed by atoms with Gasteiger partial charge in [0.15, 0.2) is 0 Å². The maximum Gasteiger partial charge on any atom is 0.260 e. The number of aromatic amines is 1. The van der Waals surface area contributed by atoms with Gasteiger partial charge >= 0.3 is 0 Å². The second-order valence-electron chi connectivity index (χ2n) is 4.51. The zero-order valence-corrected chi connectivity index (χ0v) is 10.9. The van der Waals surface area contributed by atoms with Crippen LogP contribution in [0.5, 0.6) is 0 Å². The van der Waals surface area contributed by atoms with Gasteiger partial charge in [0, 0.05) is 11.4 Å². The van der Waals surface area contributed by atoms with E-state index in [0.717, 1.165) is 0 Å². The molecule has 0 spiro atoms. The SMILES string of the molecule is N#Cc1cccc(Nc2nc3ccc(N)cc3c(=O)[nH]2)c1. The van der Waals surface area contributed by atoms with Crippen LogP contribution in [0.25, 0.3) is 10.9 Å². The predicted octanol–water partition coefficient (Wildman–Crippen LogP) is 2.12. The quantitative estimate of drug-likeness (QED) is 0.622. The molecule has 0 bridgehead atoms. The molecule has 0 unspecified atom stereocenters. The van der Waals surface area contributed by atoms with Crippen LogP contribution in [0.4, 0.5) is 17.3 Å². The highest BCUT2D eigenvalue weighted by Crippen LogP contribution is 2.16. The smallest absolute Gasteiger partial charge is 0.260 e. The first kappa shape index (κ1) is 12.7. The summed E-state index contributed by atoms with van der Waals surface area (Å²) in [5.41, 5.74) is 7.64. The van der Waals surface area contributed by atoms with Crippen LogP contribution < -0.4 is 16.6 Å². The maximum absolute atomic E-state index is 12.0. The van der Waals surface area contributed by atoms with Crippen molar-refractivity contribution in [2.75, 3.05) is 11.1 Å². The maximum atomic E-state index is 12.0. The minimum atomic E-state index is -0.272. The molecule has 0 saturated carbocycles. The summed E-state index contributed by atoms with van der Waals surface area (Å²) in [5, 5.41) is 12.3. The van der Waals surface area contributed by atoms with Crippen LogP contribution in [0.1, 0.15) is 5.56 Å². The molecule has 0 saturated heterocycles. The van der Waals surface area contributed by atoms with Gasteiger partial charge in [0.25, 0.3) is 5.56 Å². The molecule has 21 heavy (non-hydrogen) atoms. The lowest BCUT2D eigenvalue weighted by Gasteiger charge is -2.07. The molecular formula is C15H11N5O. The van der Waals surface area contributed by atoms with Gasteiger partial charge in [0.2, 0.25) is 5.95 Å². The van der Waals surface area contributed by atoms with Crippen molar-refractivity contribution in [3.63, 3.8) is 0 Å². The number of benzene rings is 2. The normalized spacial score (nSPS) is 10.2. The van der Waals surface area contributed by atoms with E-state index in [1.807, 2.05) is 0 Å². The fraction of sp³-hybridized carbons (Fsp3) is 0. The Morgan fingerprint density at radius 3 is 2.90 bits per heavy atom. The van der Waals surface area contributed by atoms with Crippen molar-refractivity contribution in [2.24, 2.45) is 0 Å². The Kier molecular flexibility index (Phi) is 3.01. The Morgan fingerprint density at radius 2 is 2.10 bits per heavy atom. The van der Waals surface area contributed by atoms with Crippen molar-refractivity contribution < 1.29 is 0 Å². The molecule has 3 rings (SSSR count). The van der Waals surface area contributed by atoms with E-state index in [1.54, 1.807) is 42.5 Å². The number of hydrogen-bond acceptors (Lipinski definition) is 5. The van der Waals surface area contributed by atoms with E-state index in [2.05, 4.69) is 21.4 Å². The molecule has 1 aromatic heterocycles. The van der Waals surface area contributed by atoms with Crippen LogP contribution in [0.2, 0.25) is 0 Å². The zero-order chi connectivity index (χ0) is 14.8. The van der Waals surface area contributed by atoms with Gasteiger partial charge in [-0.15, -0.1) is 0 Å². The molecule has 0 radical (unpaired) electrons. The molecule has 6 heteroatoms. The number of H-pyrrole nitrogens is 1. The Balaban J connectivity index is 2.03. The van der Waals surface area contributed by atoms with Gasteiger partial charge in [-0.05, 0) is 36.4 Å². The van der Waals surface area contributed by atoms with Crippen LogP contribution in [0, 0.1) is 11.3 Å². The van der Waals surface area contributed by atoms with Gasteiger partial charge in [0.05, 0.1) is 22.5 Å². The molecule has 2 aromatic carbocycles. The summed E-state index contributed by atoms with van der Waals surface area (Å²) in [6, 6.07) is 13.9. The largest absolute Gasteiger partial charge is 0.399 e. The first-order valence-electron chi connectivity index (χ1n) is 6.22. The Hall–Kier alpha value is -3.33. The third kappa shape index (κ3) is 2.53. The average molecular weight is 277 g/mol. The van der Waals surface area contributed by atoms with Crippen LogP contribution in [0.3, 0.4) is 0 Å². The van der Waals surface area contributed by atoms with E-state index < -0.39 is 0 Å². The molecule has 1 heterocycles. The number of hydrogen-bond donors (Lipinski definition) is 3. The highest BCUT2D eigenvalue weighted by atomic mass is 16.1. The lowest BCUT2D eigenvalue weighted by Crippen LogP contribution is -2.11. The van der Waals surface area contributed by atoms with Crippen molar-refractivity contribution in [3.8, 4) is 6.07 Å². The van der Waals surface area contributed by atoms with Gasteiger partial charge < -0.3 is 11.1 Å². The number of nitriles is 1. The summed E-state index contributed by atoms with van der Waals surface area (Å²) in [7, 11) is 0. The third-order valence-corrected chi connectivity index (χ3v) is 2.98. The topological polar surface area (TPSA) is 108 Å². The number of nitrogen functional groups attached to an aromatic ring is 1. The summed E-state index contributed by atoms with van der Waals surface area (Å²) < 4.78 is 0. The van der Waals surface area contributed by atoms with Crippen LogP contribution in [-0.4, -0.2) is 9.97 Å². The first-order chi connectivity index (χ1) is 10.2. The highest BCUT2D eigenvalue weighted by molar-refractivity contribution is 5.82. The minimum Gasteiger partial charge on any atom is -0.399 e. The fourth-order valence-corrected chi connectivity index (χ4v) is 2.02. The monoisotopic (exact) mass is 277 g/mol. The Morgan fingerprint density at radius 1 is 1.24 bits per heavy atom. The summed E-state index contributed by atoms with van der Waals surface area (Å²) in [6.45, 7) is 0. The zero-order valence-electron chi connectivity index (χ0n) is 10.9. The van der Waals surface area contributed by atoms with E-state index >= 15 is 0 Å². The standard InChI is InChI=1S/C15H11N5O/c16-8-9-2-1-3-11(6-9)18-15-19-13-5-4-10(17)7-12(13)14(21)20-15/h1-7H,17H2,(H2,18,19,20,21). The number of fused-ring (bicyclic) bond motifs is 1. The van der Waals surface area contributed by atoms with E-state index in [4.69, 9.17) is 11.0 Å². The summed E-state index contributed by atoms with van der Waals surface area (Å²) in [6.07, 6.45) is 0. The lowest BCUT2D eigenvalue weighted by molar-refractivity contribution is 1.17. The van der Waals surface area contributed by atoms with Crippen molar-refractivity contribution in [1.29, 1.82) is 5.26 Å². The predicted molar refractivity (Wildman–Crippen MR) is 81.2 cm³/mol. The molecule has 0 aliphatic heterocycles. The second-order valence-corrected chi connectivity index (χ2v) is 4.51. The lowest BCUT2D eigenvalue weighted by atomic mass is 10.2. The van der Waals surface area contributed by atoms with Gasteiger partial charge in [-0.2, -0.15) is 5.26 Å².